The second-order valence-corrected chi connectivity index (χ2v) is 2.74. The Bertz CT molecular complexity index is 385. The molecule has 2 rings (SSSR count). The lowest BCUT2D eigenvalue weighted by Gasteiger charge is -2.04. The largest absolute Gasteiger partial charge is 0.361 e. The lowest BCUT2D eigenvalue weighted by Crippen LogP contribution is -2.06. The first-order valence-corrected chi connectivity index (χ1v) is 3.88. The first-order chi connectivity index (χ1) is 5.92. The van der Waals surface area contributed by atoms with E-state index in [-0.39, 0.29) is 0 Å². The van der Waals surface area contributed by atoms with Crippen molar-refractivity contribution in [3.8, 4) is 0 Å². The summed E-state index contributed by atoms with van der Waals surface area (Å²) < 4.78 is 0. The Morgan fingerprint density at radius 2 is 2.08 bits per heavy atom. The molecule has 0 unspecified atom stereocenters. The third-order valence-corrected chi connectivity index (χ3v) is 2.00. The predicted octanol–water partition coefficient (Wildman–Crippen LogP) is 2.12. The molecule has 0 aliphatic heterocycles. The summed E-state index contributed by atoms with van der Waals surface area (Å²) in [5, 5.41) is 0. The van der Waals surface area contributed by atoms with Crippen LogP contribution in [0.15, 0.2) is 30.3 Å². The minimum atomic E-state index is 0.716. The maximum Gasteiger partial charge on any atom is 0.303 e. The summed E-state index contributed by atoms with van der Waals surface area (Å²) in [5.74, 6) is 0. The van der Waals surface area contributed by atoms with E-state index in [1.807, 2.05) is 36.4 Å². The Morgan fingerprint density at radius 1 is 1.25 bits per heavy atom. The molecule has 58 valence electrons. The molecule has 0 N–H and O–H groups in total. The molecule has 1 aliphatic rings. The Hall–Kier alpha value is -1.66. The standard InChI is InChI=1S/C10H8N2/c11-12-10-7-3-5-8-4-1-2-6-9(8)10/h1-6H,7H2. The number of allylic oxidation sites excluding steroid dienone is 1. The van der Waals surface area contributed by atoms with Gasteiger partial charge in [0.2, 0.25) is 0 Å². The van der Waals surface area contributed by atoms with Crippen molar-refractivity contribution in [3.05, 3.63) is 47.0 Å². The van der Waals surface area contributed by atoms with Crippen LogP contribution in [0.1, 0.15) is 17.5 Å². The van der Waals surface area contributed by atoms with Crippen molar-refractivity contribution in [2.75, 3.05) is 0 Å². The van der Waals surface area contributed by atoms with Crippen molar-refractivity contribution in [3.63, 3.8) is 0 Å². The molecule has 0 saturated carbocycles. The maximum atomic E-state index is 8.69. The average Bonchev–Trinajstić information content (AvgIpc) is 2.17. The molecular weight excluding hydrogens is 148 g/mol. The molecule has 0 atom stereocenters. The summed E-state index contributed by atoms with van der Waals surface area (Å²) in [5.41, 5.74) is 11.6. The van der Waals surface area contributed by atoms with Crippen LogP contribution in [0, 0.1) is 0 Å². The summed E-state index contributed by atoms with van der Waals surface area (Å²) in [6, 6.07) is 7.90. The zero-order chi connectivity index (χ0) is 8.39. The highest BCUT2D eigenvalue weighted by molar-refractivity contribution is 6.02. The monoisotopic (exact) mass is 156 g/mol. The van der Waals surface area contributed by atoms with Crippen molar-refractivity contribution in [1.29, 1.82) is 0 Å². The average molecular weight is 156 g/mol. The molecule has 0 bridgehead atoms. The van der Waals surface area contributed by atoms with Gasteiger partial charge in [0.25, 0.3) is 0 Å². The van der Waals surface area contributed by atoms with E-state index in [9.17, 15) is 0 Å². The predicted molar refractivity (Wildman–Crippen MR) is 47.8 cm³/mol. The normalized spacial score (nSPS) is 13.8. The van der Waals surface area contributed by atoms with Crippen LogP contribution in [0.3, 0.4) is 0 Å². The molecule has 0 fully saturated rings. The van der Waals surface area contributed by atoms with Gasteiger partial charge in [-0.05, 0) is 11.6 Å². The molecular formula is C10H8N2. The molecule has 0 saturated heterocycles. The van der Waals surface area contributed by atoms with Gasteiger partial charge in [0.1, 0.15) is 0 Å². The molecule has 0 spiro atoms. The number of benzene rings is 1. The van der Waals surface area contributed by atoms with Crippen LogP contribution < -0.4 is 0 Å². The van der Waals surface area contributed by atoms with Crippen molar-refractivity contribution in [1.82, 2.24) is 0 Å². The molecule has 2 heteroatoms. The van der Waals surface area contributed by atoms with E-state index < -0.39 is 0 Å². The van der Waals surface area contributed by atoms with Gasteiger partial charge < -0.3 is 5.53 Å². The zero-order valence-corrected chi connectivity index (χ0v) is 6.57. The van der Waals surface area contributed by atoms with Crippen molar-refractivity contribution >= 4 is 11.8 Å². The lowest BCUT2D eigenvalue weighted by atomic mass is 9.96. The number of nitrogens with zero attached hydrogens (tertiary/aromatic N) is 2. The van der Waals surface area contributed by atoms with E-state index >= 15 is 0 Å². The van der Waals surface area contributed by atoms with E-state index in [2.05, 4.69) is 4.79 Å². The summed E-state index contributed by atoms with van der Waals surface area (Å²) in [4.78, 5) is 3.25. The molecule has 1 aromatic carbocycles. The van der Waals surface area contributed by atoms with Crippen LogP contribution in [0.4, 0.5) is 0 Å². The third-order valence-electron chi connectivity index (χ3n) is 2.00. The highest BCUT2D eigenvalue weighted by Gasteiger charge is 2.16. The fourth-order valence-corrected chi connectivity index (χ4v) is 1.41. The van der Waals surface area contributed by atoms with E-state index in [0.29, 0.717) is 6.42 Å². The molecule has 1 aliphatic carbocycles. The van der Waals surface area contributed by atoms with Gasteiger partial charge in [0.05, 0.1) is 12.0 Å². The highest BCUT2D eigenvalue weighted by Crippen LogP contribution is 2.17. The van der Waals surface area contributed by atoms with Gasteiger partial charge >= 0.3 is 5.71 Å². The molecule has 0 radical (unpaired) electrons. The van der Waals surface area contributed by atoms with Crippen LogP contribution in [-0.4, -0.2) is 10.5 Å². The number of hydrogen-bond acceptors (Lipinski definition) is 0. The van der Waals surface area contributed by atoms with Crippen LogP contribution in [0.25, 0.3) is 11.6 Å². The fourth-order valence-electron chi connectivity index (χ4n) is 1.41. The molecule has 0 aromatic heterocycles. The highest BCUT2D eigenvalue weighted by atomic mass is 14.9. The van der Waals surface area contributed by atoms with Crippen molar-refractivity contribution < 1.29 is 4.79 Å². The van der Waals surface area contributed by atoms with E-state index in [4.69, 9.17) is 5.53 Å². The van der Waals surface area contributed by atoms with E-state index in [1.165, 1.54) is 0 Å². The summed E-state index contributed by atoms with van der Waals surface area (Å²) in [6.07, 6.45) is 4.76. The van der Waals surface area contributed by atoms with Crippen LogP contribution in [0.2, 0.25) is 0 Å². The molecule has 0 heterocycles. The van der Waals surface area contributed by atoms with Gasteiger partial charge in [-0.15, -0.1) is 0 Å². The first-order valence-electron chi connectivity index (χ1n) is 3.88. The lowest BCUT2D eigenvalue weighted by molar-refractivity contribution is -0.00606. The van der Waals surface area contributed by atoms with Gasteiger partial charge in [-0.2, -0.15) is 4.79 Å². The minimum Gasteiger partial charge on any atom is -0.361 e. The summed E-state index contributed by atoms with van der Waals surface area (Å²) in [7, 11) is 0. The maximum absolute atomic E-state index is 8.69. The zero-order valence-electron chi connectivity index (χ0n) is 6.57. The summed E-state index contributed by atoms with van der Waals surface area (Å²) in [6.45, 7) is 0. The molecule has 12 heavy (non-hydrogen) atoms. The smallest absolute Gasteiger partial charge is 0.303 e. The Balaban J connectivity index is 2.68. The number of hydrogen-bond donors (Lipinski definition) is 0. The van der Waals surface area contributed by atoms with Gasteiger partial charge in [-0.1, -0.05) is 30.4 Å². The van der Waals surface area contributed by atoms with E-state index in [1.54, 1.807) is 0 Å². The Kier molecular flexibility index (Phi) is 1.61. The van der Waals surface area contributed by atoms with Crippen LogP contribution in [0.5, 0.6) is 0 Å². The van der Waals surface area contributed by atoms with Crippen molar-refractivity contribution in [2.45, 2.75) is 6.42 Å². The Labute approximate surface area is 70.8 Å². The third kappa shape index (κ3) is 0.987. The number of rotatable bonds is 0. The second-order valence-electron chi connectivity index (χ2n) is 2.74. The fraction of sp³-hybridized carbons (Fsp3) is 0.100. The first kappa shape index (κ1) is 7.01. The Morgan fingerprint density at radius 3 is 2.92 bits per heavy atom. The summed E-state index contributed by atoms with van der Waals surface area (Å²) >= 11 is 0. The van der Waals surface area contributed by atoms with Gasteiger partial charge in [0, 0.05) is 0 Å². The van der Waals surface area contributed by atoms with Crippen molar-refractivity contribution in [2.24, 2.45) is 0 Å². The minimum absolute atomic E-state index is 0.716. The topological polar surface area (TPSA) is 36.4 Å². The van der Waals surface area contributed by atoms with E-state index in [0.717, 1.165) is 16.8 Å². The van der Waals surface area contributed by atoms with Gasteiger partial charge in [-0.25, -0.2) is 0 Å². The van der Waals surface area contributed by atoms with Gasteiger partial charge in [0.15, 0.2) is 0 Å². The molecule has 1 aromatic rings. The second kappa shape index (κ2) is 2.76. The van der Waals surface area contributed by atoms with Gasteiger partial charge in [-0.3, -0.25) is 0 Å². The molecule has 2 nitrogen and oxygen atoms in total. The quantitative estimate of drug-likeness (QED) is 0.407. The number of fused-ring (bicyclic) bond motifs is 1. The van der Waals surface area contributed by atoms with Crippen LogP contribution >= 0.6 is 0 Å². The SMILES string of the molecule is [N-]=[N+]=C1CC=Cc2ccccc21. The van der Waals surface area contributed by atoms with Crippen LogP contribution in [-0.2, 0) is 0 Å². The molecule has 0 amide bonds.